The highest BCUT2D eigenvalue weighted by Crippen LogP contribution is 2.39. The van der Waals surface area contributed by atoms with Gasteiger partial charge in [0.25, 0.3) is 5.91 Å². The predicted molar refractivity (Wildman–Crippen MR) is 127 cm³/mol. The van der Waals surface area contributed by atoms with Gasteiger partial charge in [0.05, 0.1) is 26.2 Å². The molecule has 0 saturated heterocycles. The van der Waals surface area contributed by atoms with E-state index in [0.717, 1.165) is 24.1 Å². The van der Waals surface area contributed by atoms with Crippen molar-refractivity contribution < 1.29 is 28.2 Å². The van der Waals surface area contributed by atoms with Crippen molar-refractivity contribution in [2.45, 2.75) is 32.6 Å². The van der Waals surface area contributed by atoms with Crippen LogP contribution in [0.3, 0.4) is 0 Å². The summed E-state index contributed by atoms with van der Waals surface area (Å²) in [6.07, 6.45) is 2.00. The summed E-state index contributed by atoms with van der Waals surface area (Å²) in [5, 5.41) is 0.459. The maximum atomic E-state index is 13.9. The van der Waals surface area contributed by atoms with Crippen LogP contribution in [0.1, 0.15) is 41.3 Å². The lowest BCUT2D eigenvalue weighted by molar-refractivity contribution is -0.143. The Labute approximate surface area is 197 Å². The van der Waals surface area contributed by atoms with E-state index in [1.165, 1.54) is 20.3 Å². The summed E-state index contributed by atoms with van der Waals surface area (Å²) in [6.45, 7) is 2.53. The highest BCUT2D eigenvalue weighted by Gasteiger charge is 2.30. The van der Waals surface area contributed by atoms with Gasteiger partial charge in [0.2, 0.25) is 0 Å². The number of carbonyl (C=O) groups excluding carboxylic acids is 2. The van der Waals surface area contributed by atoms with Crippen LogP contribution >= 0.6 is 0 Å². The molecule has 1 aliphatic heterocycles. The van der Waals surface area contributed by atoms with E-state index < -0.39 is 5.63 Å². The molecule has 2 aromatic carbocycles. The molecule has 8 nitrogen and oxygen atoms in total. The van der Waals surface area contributed by atoms with Crippen LogP contribution in [-0.2, 0) is 22.4 Å². The van der Waals surface area contributed by atoms with Crippen LogP contribution in [0.15, 0.2) is 45.6 Å². The number of hydrogen-bond donors (Lipinski definition) is 0. The molecule has 34 heavy (non-hydrogen) atoms. The Bertz CT molecular complexity index is 1290. The van der Waals surface area contributed by atoms with Crippen molar-refractivity contribution in [3.8, 4) is 11.5 Å². The predicted octanol–water partition coefficient (Wildman–Crippen LogP) is 3.90. The van der Waals surface area contributed by atoms with E-state index in [1.807, 2.05) is 24.3 Å². The Morgan fingerprint density at radius 2 is 1.85 bits per heavy atom. The molecule has 1 aliphatic rings. The van der Waals surface area contributed by atoms with Gasteiger partial charge in [-0.15, -0.1) is 0 Å². The lowest BCUT2D eigenvalue weighted by Crippen LogP contribution is -2.36. The average molecular weight is 466 g/mol. The molecule has 4 rings (SSSR count). The average Bonchev–Trinajstić information content (AvgIpc) is 2.85. The minimum atomic E-state index is -0.630. The van der Waals surface area contributed by atoms with E-state index in [1.54, 1.807) is 17.9 Å². The second-order valence-corrected chi connectivity index (χ2v) is 7.94. The minimum absolute atomic E-state index is 0.0738. The van der Waals surface area contributed by atoms with Gasteiger partial charge in [-0.2, -0.15) is 0 Å². The van der Waals surface area contributed by atoms with Crippen LogP contribution < -0.4 is 20.0 Å². The van der Waals surface area contributed by atoms with Crippen molar-refractivity contribution in [1.29, 1.82) is 0 Å². The number of benzene rings is 2. The smallest absolute Gasteiger partial charge is 0.336 e. The van der Waals surface area contributed by atoms with E-state index in [2.05, 4.69) is 0 Å². The fourth-order valence-electron chi connectivity index (χ4n) is 4.43. The Morgan fingerprint density at radius 3 is 2.59 bits per heavy atom. The molecule has 0 aliphatic carbocycles. The maximum absolute atomic E-state index is 13.9. The van der Waals surface area contributed by atoms with Gasteiger partial charge in [-0.05, 0) is 43.4 Å². The molecular formula is C26H27NO7. The number of methoxy groups -OCH3 is 2. The van der Waals surface area contributed by atoms with Crippen LogP contribution in [0.2, 0.25) is 0 Å². The quantitative estimate of drug-likeness (QED) is 0.386. The van der Waals surface area contributed by atoms with Gasteiger partial charge in [-0.25, -0.2) is 4.79 Å². The van der Waals surface area contributed by atoms with Crippen molar-refractivity contribution in [2.24, 2.45) is 0 Å². The second-order valence-electron chi connectivity index (χ2n) is 7.94. The number of rotatable bonds is 7. The van der Waals surface area contributed by atoms with Crippen molar-refractivity contribution in [3.05, 3.63) is 63.5 Å². The topological polar surface area (TPSA) is 95.3 Å². The van der Waals surface area contributed by atoms with Crippen LogP contribution in [-0.4, -0.2) is 39.2 Å². The Morgan fingerprint density at radius 1 is 1.09 bits per heavy atom. The first-order valence-electron chi connectivity index (χ1n) is 11.3. The van der Waals surface area contributed by atoms with Gasteiger partial charge in [0, 0.05) is 30.8 Å². The fourth-order valence-corrected chi connectivity index (χ4v) is 4.43. The Hall–Kier alpha value is -3.81. The molecular weight excluding hydrogens is 438 g/mol. The number of para-hydroxylation sites is 1. The van der Waals surface area contributed by atoms with Crippen molar-refractivity contribution >= 4 is 28.5 Å². The molecule has 0 bridgehead atoms. The summed E-state index contributed by atoms with van der Waals surface area (Å²) in [5.41, 5.74) is 2.03. The van der Waals surface area contributed by atoms with Gasteiger partial charge in [0.1, 0.15) is 17.1 Å². The largest absolute Gasteiger partial charge is 0.496 e. The molecule has 0 radical (unpaired) electrons. The molecule has 3 aromatic rings. The monoisotopic (exact) mass is 465 g/mol. The van der Waals surface area contributed by atoms with E-state index >= 15 is 0 Å². The summed E-state index contributed by atoms with van der Waals surface area (Å²) >= 11 is 0. The molecule has 178 valence electrons. The molecule has 0 saturated carbocycles. The number of hydrogen-bond acceptors (Lipinski definition) is 7. The van der Waals surface area contributed by atoms with E-state index in [-0.39, 0.29) is 48.2 Å². The van der Waals surface area contributed by atoms with Crippen molar-refractivity contribution in [3.63, 3.8) is 0 Å². The number of anilines is 1. The van der Waals surface area contributed by atoms with Crippen molar-refractivity contribution in [1.82, 2.24) is 0 Å². The molecule has 2 heterocycles. The normalized spacial score (nSPS) is 12.9. The maximum Gasteiger partial charge on any atom is 0.336 e. The third kappa shape index (κ3) is 4.35. The zero-order chi connectivity index (χ0) is 24.2. The fraction of sp³-hybridized carbons (Fsp3) is 0.346. The summed E-state index contributed by atoms with van der Waals surface area (Å²) in [4.78, 5) is 40.1. The third-order valence-corrected chi connectivity index (χ3v) is 5.94. The van der Waals surface area contributed by atoms with Gasteiger partial charge in [0.15, 0.2) is 5.58 Å². The molecule has 0 fully saturated rings. The first-order valence-corrected chi connectivity index (χ1v) is 11.3. The van der Waals surface area contributed by atoms with Crippen LogP contribution in [0.4, 0.5) is 5.69 Å². The number of amides is 1. The second kappa shape index (κ2) is 9.99. The highest BCUT2D eigenvalue weighted by molar-refractivity contribution is 6.16. The lowest BCUT2D eigenvalue weighted by Gasteiger charge is -2.30. The molecule has 0 unspecified atom stereocenters. The number of ether oxygens (including phenoxy) is 3. The molecule has 8 heteroatoms. The van der Waals surface area contributed by atoms with Crippen LogP contribution in [0, 0.1) is 0 Å². The summed E-state index contributed by atoms with van der Waals surface area (Å²) < 4.78 is 21.7. The summed E-state index contributed by atoms with van der Waals surface area (Å²) in [7, 11) is 2.93. The van der Waals surface area contributed by atoms with E-state index in [9.17, 15) is 14.4 Å². The van der Waals surface area contributed by atoms with Crippen molar-refractivity contribution in [2.75, 3.05) is 32.3 Å². The zero-order valence-corrected chi connectivity index (χ0v) is 19.5. The van der Waals surface area contributed by atoms with E-state index in [4.69, 9.17) is 18.6 Å². The Balaban J connectivity index is 1.89. The SMILES string of the molecule is CCOC(=O)CCc1cc(=O)oc2c(C(=O)N3CCCc4ccccc43)c(OC)cc(OC)c12. The highest BCUT2D eigenvalue weighted by atomic mass is 16.5. The number of nitrogens with zero attached hydrogens (tertiary/aromatic N) is 1. The van der Waals surface area contributed by atoms with Gasteiger partial charge in [-0.1, -0.05) is 18.2 Å². The van der Waals surface area contributed by atoms with Gasteiger partial charge in [-0.3, -0.25) is 9.59 Å². The molecule has 0 N–H and O–H groups in total. The van der Waals surface area contributed by atoms with Crippen LogP contribution in [0.25, 0.3) is 11.0 Å². The number of carbonyl (C=O) groups is 2. The van der Waals surface area contributed by atoms with E-state index in [0.29, 0.717) is 23.2 Å². The summed E-state index contributed by atoms with van der Waals surface area (Å²) in [6, 6.07) is 10.7. The first-order chi connectivity index (χ1) is 16.5. The summed E-state index contributed by atoms with van der Waals surface area (Å²) in [5.74, 6) is -0.0897. The number of aryl methyl sites for hydroxylation is 2. The lowest BCUT2D eigenvalue weighted by atomic mass is 9.98. The molecule has 0 spiro atoms. The van der Waals surface area contributed by atoms with Crippen LogP contribution in [0.5, 0.6) is 11.5 Å². The standard InChI is InChI=1S/C26H27NO7/c1-4-33-21(28)12-11-17-14-22(29)34-25-23(17)19(31-2)15-20(32-3)24(25)26(30)27-13-7-9-16-8-5-6-10-18(16)27/h5-6,8,10,14-15H,4,7,9,11-13H2,1-3H3. The molecule has 1 aromatic heterocycles. The minimum Gasteiger partial charge on any atom is -0.496 e. The Kier molecular flexibility index (Phi) is 6.86. The van der Waals surface area contributed by atoms with Gasteiger partial charge >= 0.3 is 11.6 Å². The molecule has 1 amide bonds. The third-order valence-electron chi connectivity index (χ3n) is 5.94. The number of fused-ring (bicyclic) bond motifs is 2. The zero-order valence-electron chi connectivity index (χ0n) is 19.5. The molecule has 0 atom stereocenters. The number of esters is 1. The van der Waals surface area contributed by atoms with Gasteiger partial charge < -0.3 is 23.5 Å². The first kappa shape index (κ1) is 23.4.